The molecule has 5 nitrogen and oxygen atoms in total. The first-order chi connectivity index (χ1) is 28.1. The first-order valence-corrected chi connectivity index (χ1v) is 25.0. The molecule has 0 saturated carbocycles. The Morgan fingerprint density at radius 2 is 0.737 bits per heavy atom. The van der Waals surface area contributed by atoms with Crippen molar-refractivity contribution >= 4 is 11.9 Å². The molecular weight excluding hydrogens is 705 g/mol. The average Bonchev–Trinajstić information content (AvgIpc) is 3.21. The first-order valence-electron chi connectivity index (χ1n) is 25.0. The van der Waals surface area contributed by atoms with Gasteiger partial charge in [-0.05, 0) is 64.2 Å². The van der Waals surface area contributed by atoms with Crippen molar-refractivity contribution in [2.75, 3.05) is 13.2 Å². The number of hydrogen-bond donors (Lipinski definition) is 1. The zero-order valence-electron chi connectivity index (χ0n) is 38.1. The first kappa shape index (κ1) is 55.1. The number of unbranched alkanes of at least 4 members (excludes halogenated alkanes) is 32. The van der Waals surface area contributed by atoms with Crippen LogP contribution in [-0.2, 0) is 19.1 Å². The molecule has 57 heavy (non-hydrogen) atoms. The Hall–Kier alpha value is -1.88. The second kappa shape index (κ2) is 48.5. The molecule has 0 heterocycles. The third-order valence-electron chi connectivity index (χ3n) is 11.1. The van der Waals surface area contributed by atoms with Gasteiger partial charge >= 0.3 is 11.9 Å². The van der Waals surface area contributed by atoms with E-state index in [0.717, 1.165) is 57.8 Å². The van der Waals surface area contributed by atoms with Gasteiger partial charge in [0.2, 0.25) is 0 Å². The van der Waals surface area contributed by atoms with Crippen molar-refractivity contribution in [2.45, 2.75) is 270 Å². The normalized spacial score (nSPS) is 12.4. The van der Waals surface area contributed by atoms with Crippen LogP contribution in [0.4, 0.5) is 0 Å². The van der Waals surface area contributed by atoms with Gasteiger partial charge in [-0.2, -0.15) is 0 Å². The highest BCUT2D eigenvalue weighted by molar-refractivity contribution is 5.70. The number of rotatable bonds is 46. The van der Waals surface area contributed by atoms with E-state index in [2.05, 4.69) is 50.3 Å². The minimum Gasteiger partial charge on any atom is -0.462 e. The van der Waals surface area contributed by atoms with Crippen LogP contribution in [-0.4, -0.2) is 36.4 Å². The van der Waals surface area contributed by atoms with Crippen LogP contribution in [0.3, 0.4) is 0 Å². The summed E-state index contributed by atoms with van der Waals surface area (Å²) in [6.45, 7) is 4.08. The second-order valence-corrected chi connectivity index (χ2v) is 16.9. The average molecular weight is 801 g/mol. The fourth-order valence-corrected chi connectivity index (χ4v) is 7.35. The molecule has 0 aliphatic heterocycles. The maximum Gasteiger partial charge on any atom is 0.306 e. The van der Waals surface area contributed by atoms with Crippen molar-refractivity contribution in [2.24, 2.45) is 0 Å². The molecule has 0 aliphatic carbocycles. The maximum absolute atomic E-state index is 12.2. The van der Waals surface area contributed by atoms with E-state index in [9.17, 15) is 14.7 Å². The van der Waals surface area contributed by atoms with Crippen LogP contribution in [0.1, 0.15) is 264 Å². The van der Waals surface area contributed by atoms with Crippen LogP contribution in [0, 0.1) is 0 Å². The van der Waals surface area contributed by atoms with Gasteiger partial charge in [0.05, 0.1) is 6.61 Å². The lowest BCUT2D eigenvalue weighted by Gasteiger charge is -2.15. The Labute approximate surface area is 355 Å². The number of esters is 2. The summed E-state index contributed by atoms with van der Waals surface area (Å²) in [5.74, 6) is -0.594. The number of ether oxygens (including phenoxy) is 2. The Morgan fingerprint density at radius 1 is 0.404 bits per heavy atom. The third kappa shape index (κ3) is 46.7. The standard InChI is InChI=1S/C52H96O5/c1-3-5-7-9-11-13-15-16-17-18-19-20-21-22-23-24-25-26-27-28-29-30-31-32-33-34-35-36-37-39-41-43-45-47-52(55)57-50(48-53)49-56-51(54)46-44-42-40-38-14-12-10-8-6-4-2/h8,10,15-16,18-19,50,53H,3-7,9,11-14,17,20-49H2,1-2H3/b10-8-,16-15-,19-18-. The van der Waals surface area contributed by atoms with Gasteiger partial charge in [0.25, 0.3) is 0 Å². The molecule has 0 aromatic carbocycles. The lowest BCUT2D eigenvalue weighted by molar-refractivity contribution is -0.161. The lowest BCUT2D eigenvalue weighted by Crippen LogP contribution is -2.28. The number of aliphatic hydroxyl groups excluding tert-OH is 1. The zero-order valence-corrected chi connectivity index (χ0v) is 38.1. The highest BCUT2D eigenvalue weighted by Gasteiger charge is 2.16. The number of allylic oxidation sites excluding steroid dienone is 6. The van der Waals surface area contributed by atoms with Gasteiger partial charge in [-0.3, -0.25) is 9.59 Å². The lowest BCUT2D eigenvalue weighted by atomic mass is 10.0. The summed E-state index contributed by atoms with van der Waals surface area (Å²) in [4.78, 5) is 24.3. The number of carbonyl (C=O) groups is 2. The molecule has 1 unspecified atom stereocenters. The van der Waals surface area contributed by atoms with Crippen LogP contribution in [0.25, 0.3) is 0 Å². The molecule has 0 amide bonds. The van der Waals surface area contributed by atoms with E-state index >= 15 is 0 Å². The second-order valence-electron chi connectivity index (χ2n) is 16.9. The molecular formula is C52H96O5. The maximum atomic E-state index is 12.2. The molecule has 5 heteroatoms. The van der Waals surface area contributed by atoms with Crippen LogP contribution in [0.2, 0.25) is 0 Å². The summed E-state index contributed by atoms with van der Waals surface area (Å²) in [6.07, 6.45) is 61.2. The molecule has 0 aromatic rings. The highest BCUT2D eigenvalue weighted by Crippen LogP contribution is 2.16. The van der Waals surface area contributed by atoms with Gasteiger partial charge in [0.15, 0.2) is 6.10 Å². The topological polar surface area (TPSA) is 72.8 Å². The van der Waals surface area contributed by atoms with E-state index < -0.39 is 6.10 Å². The van der Waals surface area contributed by atoms with Gasteiger partial charge < -0.3 is 14.6 Å². The predicted molar refractivity (Wildman–Crippen MR) is 247 cm³/mol. The molecule has 0 spiro atoms. The Balaban J connectivity index is 3.38. The predicted octanol–water partition coefficient (Wildman–Crippen LogP) is 16.4. The van der Waals surface area contributed by atoms with Crippen LogP contribution in [0.5, 0.6) is 0 Å². The third-order valence-corrected chi connectivity index (χ3v) is 11.1. The number of hydrogen-bond acceptors (Lipinski definition) is 5. The van der Waals surface area contributed by atoms with Gasteiger partial charge in [0.1, 0.15) is 6.61 Å². The highest BCUT2D eigenvalue weighted by atomic mass is 16.6. The Morgan fingerprint density at radius 3 is 1.12 bits per heavy atom. The fourth-order valence-electron chi connectivity index (χ4n) is 7.35. The molecule has 0 rings (SSSR count). The monoisotopic (exact) mass is 801 g/mol. The van der Waals surface area contributed by atoms with E-state index in [1.165, 1.54) is 180 Å². The number of carbonyl (C=O) groups excluding carboxylic acids is 2. The fraction of sp³-hybridized carbons (Fsp3) is 0.846. The van der Waals surface area contributed by atoms with Crippen molar-refractivity contribution in [3.8, 4) is 0 Å². The van der Waals surface area contributed by atoms with Crippen molar-refractivity contribution in [1.82, 2.24) is 0 Å². The summed E-state index contributed by atoms with van der Waals surface area (Å²) in [6, 6.07) is 0. The van der Waals surface area contributed by atoms with Crippen LogP contribution >= 0.6 is 0 Å². The molecule has 0 saturated heterocycles. The summed E-state index contributed by atoms with van der Waals surface area (Å²) in [5.41, 5.74) is 0. The van der Waals surface area contributed by atoms with E-state index in [0.29, 0.717) is 12.8 Å². The van der Waals surface area contributed by atoms with Gasteiger partial charge in [-0.1, -0.05) is 224 Å². The van der Waals surface area contributed by atoms with Gasteiger partial charge in [-0.15, -0.1) is 0 Å². The number of aliphatic hydroxyl groups is 1. The SMILES string of the molecule is CCC/C=C\CCCCCCCC(=O)OCC(CO)OC(=O)CCCCCCCCCCCCCCCCCCCCCCC/C=C\C/C=C\CCCCCCC. The van der Waals surface area contributed by atoms with E-state index in [-0.39, 0.29) is 25.2 Å². The van der Waals surface area contributed by atoms with Crippen molar-refractivity contribution < 1.29 is 24.2 Å². The summed E-state index contributed by atoms with van der Waals surface area (Å²) in [5, 5.41) is 9.57. The molecule has 0 aliphatic rings. The summed E-state index contributed by atoms with van der Waals surface area (Å²) >= 11 is 0. The van der Waals surface area contributed by atoms with Crippen LogP contribution < -0.4 is 0 Å². The van der Waals surface area contributed by atoms with E-state index in [1.807, 2.05) is 0 Å². The smallest absolute Gasteiger partial charge is 0.306 e. The quantitative estimate of drug-likeness (QED) is 0.0377. The minimum absolute atomic E-state index is 0.0669. The summed E-state index contributed by atoms with van der Waals surface area (Å²) in [7, 11) is 0. The van der Waals surface area contributed by atoms with Gasteiger partial charge in [-0.25, -0.2) is 0 Å². The Kier molecular flexibility index (Phi) is 46.9. The zero-order chi connectivity index (χ0) is 41.4. The van der Waals surface area contributed by atoms with E-state index in [4.69, 9.17) is 9.47 Å². The van der Waals surface area contributed by atoms with E-state index in [1.54, 1.807) is 0 Å². The molecule has 334 valence electrons. The van der Waals surface area contributed by atoms with Gasteiger partial charge in [0, 0.05) is 12.8 Å². The molecule has 1 atom stereocenters. The van der Waals surface area contributed by atoms with Crippen molar-refractivity contribution in [1.29, 1.82) is 0 Å². The van der Waals surface area contributed by atoms with Crippen molar-refractivity contribution in [3.63, 3.8) is 0 Å². The molecule has 0 bridgehead atoms. The molecule has 0 aromatic heterocycles. The largest absolute Gasteiger partial charge is 0.462 e. The molecule has 0 radical (unpaired) electrons. The minimum atomic E-state index is -0.771. The Bertz CT molecular complexity index is 908. The molecule has 0 fully saturated rings. The van der Waals surface area contributed by atoms with Crippen LogP contribution in [0.15, 0.2) is 36.5 Å². The molecule has 1 N–H and O–H groups in total. The van der Waals surface area contributed by atoms with Crippen molar-refractivity contribution in [3.05, 3.63) is 36.5 Å². The summed E-state index contributed by atoms with van der Waals surface area (Å²) < 4.78 is 10.6.